The Hall–Kier alpha value is -1.03. The van der Waals surface area contributed by atoms with Crippen LogP contribution in [0.15, 0.2) is 24.3 Å². The highest BCUT2D eigenvalue weighted by Gasteiger charge is 2.31. The predicted molar refractivity (Wildman–Crippen MR) is 60.3 cm³/mol. The van der Waals surface area contributed by atoms with E-state index < -0.39 is 11.7 Å². The van der Waals surface area contributed by atoms with Gasteiger partial charge in [0.15, 0.2) is 0 Å². The Balaban J connectivity index is 2.20. The second-order valence-electron chi connectivity index (χ2n) is 4.69. The second-order valence-corrected chi connectivity index (χ2v) is 4.69. The molecule has 0 unspecified atom stereocenters. The van der Waals surface area contributed by atoms with Crippen LogP contribution in [0.4, 0.5) is 13.2 Å². The summed E-state index contributed by atoms with van der Waals surface area (Å²) >= 11 is 0. The Morgan fingerprint density at radius 1 is 1.18 bits per heavy atom. The number of benzene rings is 1. The standard InChI is InChI=1S/C13H16F3N/c14-13(15,16)11-7-3-6-10(8-11)12(17)9-4-1-2-5-9/h3,6-9,12H,1-2,4-5,17H2/t12-/m0/s1. The molecular formula is C13H16F3N. The third kappa shape index (κ3) is 2.80. The molecule has 1 saturated carbocycles. The highest BCUT2D eigenvalue weighted by atomic mass is 19.4. The maximum atomic E-state index is 12.6. The first kappa shape index (κ1) is 12.4. The second kappa shape index (κ2) is 4.69. The lowest BCUT2D eigenvalue weighted by molar-refractivity contribution is -0.137. The summed E-state index contributed by atoms with van der Waals surface area (Å²) in [7, 11) is 0. The Morgan fingerprint density at radius 3 is 2.41 bits per heavy atom. The molecule has 0 aliphatic heterocycles. The topological polar surface area (TPSA) is 26.0 Å². The molecule has 0 aromatic heterocycles. The molecule has 1 aliphatic rings. The van der Waals surface area contributed by atoms with Crippen molar-refractivity contribution < 1.29 is 13.2 Å². The van der Waals surface area contributed by atoms with Crippen LogP contribution in [-0.4, -0.2) is 0 Å². The van der Waals surface area contributed by atoms with Crippen LogP contribution in [0.2, 0.25) is 0 Å². The first-order valence-corrected chi connectivity index (χ1v) is 5.91. The summed E-state index contributed by atoms with van der Waals surface area (Å²) in [4.78, 5) is 0. The number of halogens is 3. The van der Waals surface area contributed by atoms with Crippen molar-refractivity contribution in [3.05, 3.63) is 35.4 Å². The van der Waals surface area contributed by atoms with Crippen LogP contribution < -0.4 is 5.73 Å². The van der Waals surface area contributed by atoms with Gasteiger partial charge in [-0.15, -0.1) is 0 Å². The summed E-state index contributed by atoms with van der Waals surface area (Å²) in [5.74, 6) is 0.332. The number of rotatable bonds is 2. The molecule has 0 amide bonds. The largest absolute Gasteiger partial charge is 0.416 e. The van der Waals surface area contributed by atoms with Crippen LogP contribution in [0, 0.1) is 5.92 Å². The van der Waals surface area contributed by atoms with E-state index in [1.807, 2.05) is 0 Å². The first-order valence-electron chi connectivity index (χ1n) is 5.91. The molecule has 1 aromatic carbocycles. The van der Waals surface area contributed by atoms with Crippen molar-refractivity contribution in [3.8, 4) is 0 Å². The fraction of sp³-hybridized carbons (Fsp3) is 0.538. The zero-order valence-electron chi connectivity index (χ0n) is 9.50. The summed E-state index contributed by atoms with van der Waals surface area (Å²) < 4.78 is 37.7. The van der Waals surface area contributed by atoms with E-state index in [4.69, 9.17) is 5.73 Å². The minimum absolute atomic E-state index is 0.264. The van der Waals surface area contributed by atoms with Gasteiger partial charge in [0.2, 0.25) is 0 Å². The quantitative estimate of drug-likeness (QED) is 0.837. The first-order chi connectivity index (χ1) is 7.98. The van der Waals surface area contributed by atoms with Gasteiger partial charge in [-0.1, -0.05) is 25.0 Å². The minimum Gasteiger partial charge on any atom is -0.324 e. The lowest BCUT2D eigenvalue weighted by atomic mass is 9.91. The maximum Gasteiger partial charge on any atom is 0.416 e. The summed E-state index contributed by atoms with van der Waals surface area (Å²) in [6.45, 7) is 0. The highest BCUT2D eigenvalue weighted by molar-refractivity contribution is 5.28. The number of hydrogen-bond donors (Lipinski definition) is 1. The fourth-order valence-corrected chi connectivity index (χ4v) is 2.51. The molecular weight excluding hydrogens is 227 g/mol. The SMILES string of the molecule is N[C@H](c1cccc(C(F)(F)F)c1)C1CCCC1. The van der Waals surface area contributed by atoms with Gasteiger partial charge in [-0.2, -0.15) is 13.2 Å². The summed E-state index contributed by atoms with van der Waals surface area (Å²) in [5.41, 5.74) is 6.04. The van der Waals surface area contributed by atoms with E-state index in [9.17, 15) is 13.2 Å². The van der Waals surface area contributed by atoms with E-state index in [0.717, 1.165) is 31.7 Å². The van der Waals surface area contributed by atoms with Crippen molar-refractivity contribution in [1.82, 2.24) is 0 Å². The molecule has 0 saturated heterocycles. The molecule has 4 heteroatoms. The molecule has 17 heavy (non-hydrogen) atoms. The van der Waals surface area contributed by atoms with Gasteiger partial charge in [-0.25, -0.2) is 0 Å². The van der Waals surface area contributed by atoms with Crippen LogP contribution >= 0.6 is 0 Å². The molecule has 1 fully saturated rings. The van der Waals surface area contributed by atoms with Gasteiger partial charge in [0, 0.05) is 6.04 Å². The van der Waals surface area contributed by atoms with Crippen LogP contribution in [0.3, 0.4) is 0 Å². The van der Waals surface area contributed by atoms with Crippen LogP contribution in [-0.2, 0) is 6.18 Å². The molecule has 94 valence electrons. The zero-order chi connectivity index (χ0) is 12.5. The zero-order valence-corrected chi connectivity index (χ0v) is 9.50. The van der Waals surface area contributed by atoms with E-state index in [2.05, 4.69) is 0 Å². The molecule has 1 nitrogen and oxygen atoms in total. The lowest BCUT2D eigenvalue weighted by Crippen LogP contribution is -2.19. The molecule has 2 N–H and O–H groups in total. The van der Waals surface area contributed by atoms with Crippen molar-refractivity contribution >= 4 is 0 Å². The van der Waals surface area contributed by atoms with Crippen molar-refractivity contribution in [1.29, 1.82) is 0 Å². The summed E-state index contributed by atoms with van der Waals surface area (Å²) in [6.07, 6.45) is 0.0366. The van der Waals surface area contributed by atoms with Gasteiger partial charge in [0.05, 0.1) is 5.56 Å². The molecule has 1 aliphatic carbocycles. The molecule has 2 rings (SSSR count). The molecule has 1 aromatic rings. The van der Waals surface area contributed by atoms with Gasteiger partial charge in [0.1, 0.15) is 0 Å². The third-order valence-electron chi connectivity index (χ3n) is 3.51. The predicted octanol–water partition coefficient (Wildman–Crippen LogP) is 3.90. The van der Waals surface area contributed by atoms with E-state index in [1.165, 1.54) is 12.1 Å². The van der Waals surface area contributed by atoms with E-state index in [1.54, 1.807) is 6.07 Å². The molecule has 0 spiro atoms. The van der Waals surface area contributed by atoms with Gasteiger partial charge in [-0.3, -0.25) is 0 Å². The van der Waals surface area contributed by atoms with Crippen LogP contribution in [0.25, 0.3) is 0 Å². The Kier molecular flexibility index (Phi) is 3.43. The van der Waals surface area contributed by atoms with E-state index in [-0.39, 0.29) is 6.04 Å². The molecule has 0 radical (unpaired) electrons. The van der Waals surface area contributed by atoms with Gasteiger partial charge in [0.25, 0.3) is 0 Å². The average molecular weight is 243 g/mol. The average Bonchev–Trinajstić information content (AvgIpc) is 2.80. The smallest absolute Gasteiger partial charge is 0.324 e. The van der Waals surface area contributed by atoms with E-state index in [0.29, 0.717) is 11.5 Å². The third-order valence-corrected chi connectivity index (χ3v) is 3.51. The number of hydrogen-bond acceptors (Lipinski definition) is 1. The highest BCUT2D eigenvalue weighted by Crippen LogP contribution is 2.36. The monoisotopic (exact) mass is 243 g/mol. The van der Waals surface area contributed by atoms with Crippen molar-refractivity contribution in [2.24, 2.45) is 11.7 Å². The molecule has 0 heterocycles. The van der Waals surface area contributed by atoms with Gasteiger partial charge >= 0.3 is 6.18 Å². The Bertz CT molecular complexity index is 380. The van der Waals surface area contributed by atoms with Gasteiger partial charge in [-0.05, 0) is 36.5 Å². The number of alkyl halides is 3. The molecule has 1 atom stereocenters. The van der Waals surface area contributed by atoms with Crippen molar-refractivity contribution in [3.63, 3.8) is 0 Å². The normalized spacial score (nSPS) is 19.5. The van der Waals surface area contributed by atoms with Crippen molar-refractivity contribution in [2.45, 2.75) is 37.9 Å². The molecule has 0 bridgehead atoms. The minimum atomic E-state index is -4.29. The van der Waals surface area contributed by atoms with Gasteiger partial charge < -0.3 is 5.73 Å². The van der Waals surface area contributed by atoms with Crippen LogP contribution in [0.1, 0.15) is 42.9 Å². The summed E-state index contributed by atoms with van der Waals surface area (Å²) in [6, 6.07) is 5.14. The Morgan fingerprint density at radius 2 is 1.82 bits per heavy atom. The maximum absolute atomic E-state index is 12.6. The Labute approximate surface area is 98.8 Å². The fourth-order valence-electron chi connectivity index (χ4n) is 2.51. The van der Waals surface area contributed by atoms with E-state index >= 15 is 0 Å². The van der Waals surface area contributed by atoms with Crippen molar-refractivity contribution in [2.75, 3.05) is 0 Å². The van der Waals surface area contributed by atoms with Crippen LogP contribution in [0.5, 0.6) is 0 Å². The number of nitrogens with two attached hydrogens (primary N) is 1. The summed E-state index contributed by atoms with van der Waals surface area (Å²) in [5, 5.41) is 0. The lowest BCUT2D eigenvalue weighted by Gasteiger charge is -2.20.